The van der Waals surface area contributed by atoms with Crippen LogP contribution in [0, 0.1) is 0 Å². The van der Waals surface area contributed by atoms with Crippen molar-refractivity contribution in [3.05, 3.63) is 30.0 Å². The minimum absolute atomic E-state index is 0.508. The normalized spacial score (nSPS) is 20.9. The molecule has 0 spiro atoms. The summed E-state index contributed by atoms with van der Waals surface area (Å²) in [4.78, 5) is 5.85. The number of nitrogens with one attached hydrogen (secondary N) is 2. The van der Waals surface area contributed by atoms with E-state index in [1.165, 1.54) is 22.2 Å². The van der Waals surface area contributed by atoms with Crippen LogP contribution < -0.4 is 5.32 Å². The Balaban J connectivity index is 1.55. The molecule has 124 valence electrons. The molecule has 0 atom stereocenters. The van der Waals surface area contributed by atoms with E-state index in [4.69, 9.17) is 9.47 Å². The molecular formula is C18H25N3O2. The van der Waals surface area contributed by atoms with Crippen molar-refractivity contribution in [2.45, 2.75) is 25.4 Å². The Morgan fingerprint density at radius 3 is 2.70 bits per heavy atom. The molecule has 5 heteroatoms. The second-order valence-electron chi connectivity index (χ2n) is 6.50. The van der Waals surface area contributed by atoms with Crippen molar-refractivity contribution >= 4 is 16.6 Å². The Hall–Kier alpha value is -1.56. The Morgan fingerprint density at radius 2 is 1.87 bits per heavy atom. The summed E-state index contributed by atoms with van der Waals surface area (Å²) in [6, 6.07) is 7.28. The first kappa shape index (κ1) is 15.0. The number of H-pyrrole nitrogens is 1. The molecule has 0 bridgehead atoms. The van der Waals surface area contributed by atoms with Gasteiger partial charge in [0.25, 0.3) is 0 Å². The number of rotatable bonds is 4. The molecule has 0 aliphatic carbocycles. The number of hydrogen-bond acceptors (Lipinski definition) is 4. The maximum Gasteiger partial charge on any atom is 0.0689 e. The fourth-order valence-electron chi connectivity index (χ4n) is 3.52. The van der Waals surface area contributed by atoms with E-state index in [0.717, 1.165) is 58.9 Å². The van der Waals surface area contributed by atoms with Crippen LogP contribution in [-0.2, 0) is 16.0 Å². The van der Waals surface area contributed by atoms with E-state index in [1.54, 1.807) is 0 Å². The van der Waals surface area contributed by atoms with Crippen LogP contribution in [0.2, 0.25) is 0 Å². The van der Waals surface area contributed by atoms with Crippen LogP contribution in [0.1, 0.15) is 18.4 Å². The van der Waals surface area contributed by atoms with E-state index >= 15 is 0 Å². The number of nitrogens with zero attached hydrogens (tertiary/aromatic N) is 1. The molecule has 2 fully saturated rings. The summed E-state index contributed by atoms with van der Waals surface area (Å²) >= 11 is 0. The van der Waals surface area contributed by atoms with Crippen molar-refractivity contribution < 1.29 is 9.47 Å². The lowest BCUT2D eigenvalue weighted by Crippen LogP contribution is -2.35. The number of fused-ring (bicyclic) bond motifs is 1. The summed E-state index contributed by atoms with van der Waals surface area (Å²) in [5.41, 5.74) is 3.80. The van der Waals surface area contributed by atoms with Crippen molar-refractivity contribution in [1.29, 1.82) is 0 Å². The average molecular weight is 315 g/mol. The molecule has 0 amide bonds. The van der Waals surface area contributed by atoms with Gasteiger partial charge in [0.05, 0.1) is 24.4 Å². The lowest BCUT2D eigenvalue weighted by Gasteiger charge is -2.27. The smallest absolute Gasteiger partial charge is 0.0689 e. The zero-order valence-corrected chi connectivity index (χ0v) is 13.5. The Kier molecular flexibility index (Phi) is 4.50. The van der Waals surface area contributed by atoms with Gasteiger partial charge in [0.15, 0.2) is 0 Å². The number of hydrogen-bond donors (Lipinski definition) is 2. The molecule has 1 aromatic carbocycles. The van der Waals surface area contributed by atoms with Gasteiger partial charge in [0, 0.05) is 50.5 Å². The van der Waals surface area contributed by atoms with Crippen molar-refractivity contribution in [3.8, 4) is 0 Å². The van der Waals surface area contributed by atoms with Gasteiger partial charge in [-0.2, -0.15) is 0 Å². The molecule has 0 radical (unpaired) electrons. The molecule has 2 aliphatic heterocycles. The van der Waals surface area contributed by atoms with Crippen LogP contribution in [0.25, 0.3) is 10.9 Å². The number of aromatic amines is 1. The monoisotopic (exact) mass is 315 g/mol. The van der Waals surface area contributed by atoms with Crippen LogP contribution in [0.15, 0.2) is 24.4 Å². The van der Waals surface area contributed by atoms with Gasteiger partial charge in [-0.05, 0) is 36.6 Å². The van der Waals surface area contributed by atoms with Gasteiger partial charge >= 0.3 is 0 Å². The topological polar surface area (TPSA) is 49.5 Å². The van der Waals surface area contributed by atoms with E-state index in [2.05, 4.69) is 33.4 Å². The van der Waals surface area contributed by atoms with E-state index in [0.29, 0.717) is 6.04 Å². The molecule has 4 rings (SSSR count). The molecule has 0 saturated carbocycles. The standard InChI is InChI=1S/C18H25N3O2/c1-4-19-18-15(1)11-14(13-21-5-9-23-10-6-21)12-17(18)20-16-2-7-22-8-3-16/h1,4,11-12,16,19-20H,2-3,5-10,13H2. The third kappa shape index (κ3) is 3.52. The van der Waals surface area contributed by atoms with E-state index in [-0.39, 0.29) is 0 Å². The third-order valence-corrected chi connectivity index (χ3v) is 4.81. The summed E-state index contributed by atoms with van der Waals surface area (Å²) in [5.74, 6) is 0. The van der Waals surface area contributed by atoms with Crippen molar-refractivity contribution in [2.75, 3.05) is 44.8 Å². The van der Waals surface area contributed by atoms with E-state index in [9.17, 15) is 0 Å². The largest absolute Gasteiger partial charge is 0.381 e. The Morgan fingerprint density at radius 1 is 1.09 bits per heavy atom. The van der Waals surface area contributed by atoms with Gasteiger partial charge in [-0.25, -0.2) is 0 Å². The lowest BCUT2D eigenvalue weighted by molar-refractivity contribution is 0.0342. The van der Waals surface area contributed by atoms with Crippen molar-refractivity contribution in [2.24, 2.45) is 0 Å². The second kappa shape index (κ2) is 6.91. The van der Waals surface area contributed by atoms with Crippen LogP contribution in [0.5, 0.6) is 0 Å². The zero-order valence-electron chi connectivity index (χ0n) is 13.5. The fourth-order valence-corrected chi connectivity index (χ4v) is 3.52. The quantitative estimate of drug-likeness (QED) is 0.910. The maximum absolute atomic E-state index is 5.47. The molecule has 23 heavy (non-hydrogen) atoms. The van der Waals surface area contributed by atoms with Crippen LogP contribution >= 0.6 is 0 Å². The SMILES string of the molecule is c1cc2cc(CN3CCOCC3)cc(NC3CCOCC3)c2[nH]1. The van der Waals surface area contributed by atoms with E-state index in [1.807, 2.05) is 6.20 Å². The van der Waals surface area contributed by atoms with Gasteiger partial charge in [-0.15, -0.1) is 0 Å². The maximum atomic E-state index is 5.47. The molecule has 3 heterocycles. The molecular weight excluding hydrogens is 290 g/mol. The van der Waals surface area contributed by atoms with Gasteiger partial charge in [-0.3, -0.25) is 4.90 Å². The summed E-state index contributed by atoms with van der Waals surface area (Å²) in [6.45, 7) is 6.45. The van der Waals surface area contributed by atoms with Crippen LogP contribution in [0.3, 0.4) is 0 Å². The number of morpholine rings is 1. The zero-order chi connectivity index (χ0) is 15.5. The summed E-state index contributed by atoms with van der Waals surface area (Å²) in [7, 11) is 0. The molecule has 1 aromatic heterocycles. The van der Waals surface area contributed by atoms with E-state index < -0.39 is 0 Å². The van der Waals surface area contributed by atoms with Gasteiger partial charge < -0.3 is 19.8 Å². The first-order chi connectivity index (χ1) is 11.4. The number of anilines is 1. The summed E-state index contributed by atoms with van der Waals surface area (Å²) < 4.78 is 10.9. The number of aromatic nitrogens is 1. The third-order valence-electron chi connectivity index (χ3n) is 4.81. The molecule has 2 N–H and O–H groups in total. The lowest BCUT2D eigenvalue weighted by atomic mass is 10.1. The molecule has 5 nitrogen and oxygen atoms in total. The molecule has 2 aliphatic rings. The number of benzene rings is 1. The Bertz CT molecular complexity index is 643. The highest BCUT2D eigenvalue weighted by molar-refractivity contribution is 5.91. The van der Waals surface area contributed by atoms with Crippen LogP contribution in [-0.4, -0.2) is 55.4 Å². The highest BCUT2D eigenvalue weighted by Gasteiger charge is 2.16. The predicted octanol–water partition coefficient (Wildman–Crippen LogP) is 2.59. The molecule has 0 unspecified atom stereocenters. The van der Waals surface area contributed by atoms with Gasteiger partial charge in [-0.1, -0.05) is 0 Å². The number of ether oxygens (including phenoxy) is 2. The second-order valence-corrected chi connectivity index (χ2v) is 6.50. The molecule has 2 saturated heterocycles. The summed E-state index contributed by atoms with van der Waals surface area (Å²) in [6.07, 6.45) is 4.18. The van der Waals surface area contributed by atoms with Crippen molar-refractivity contribution in [1.82, 2.24) is 9.88 Å². The highest BCUT2D eigenvalue weighted by atomic mass is 16.5. The average Bonchev–Trinajstić information content (AvgIpc) is 3.05. The minimum Gasteiger partial charge on any atom is -0.381 e. The predicted molar refractivity (Wildman–Crippen MR) is 91.9 cm³/mol. The molecule has 2 aromatic rings. The first-order valence-corrected chi connectivity index (χ1v) is 8.63. The fraction of sp³-hybridized carbons (Fsp3) is 0.556. The van der Waals surface area contributed by atoms with Gasteiger partial charge in [0.1, 0.15) is 0 Å². The van der Waals surface area contributed by atoms with Crippen LogP contribution in [0.4, 0.5) is 5.69 Å². The Labute approximate surface area is 136 Å². The first-order valence-electron chi connectivity index (χ1n) is 8.63. The van der Waals surface area contributed by atoms with Gasteiger partial charge in [0.2, 0.25) is 0 Å². The highest BCUT2D eigenvalue weighted by Crippen LogP contribution is 2.27. The summed E-state index contributed by atoms with van der Waals surface area (Å²) in [5, 5.41) is 5.02. The minimum atomic E-state index is 0.508. The van der Waals surface area contributed by atoms with Crippen molar-refractivity contribution in [3.63, 3.8) is 0 Å².